The molecule has 0 aliphatic heterocycles. The summed E-state index contributed by atoms with van der Waals surface area (Å²) in [6, 6.07) is 4.21. The summed E-state index contributed by atoms with van der Waals surface area (Å²) in [5.74, 6) is -0.298. The van der Waals surface area contributed by atoms with E-state index in [0.717, 1.165) is 0 Å². The summed E-state index contributed by atoms with van der Waals surface area (Å²) in [7, 11) is -4.03. The number of nitrogens with one attached hydrogen (secondary N) is 1. The minimum Gasteiger partial charge on any atom is -0.361 e. The van der Waals surface area contributed by atoms with E-state index in [0.29, 0.717) is 15.9 Å². The molecule has 0 unspecified atom stereocenters. The van der Waals surface area contributed by atoms with Gasteiger partial charge in [0.2, 0.25) is 10.0 Å². The van der Waals surface area contributed by atoms with Gasteiger partial charge in [0.1, 0.15) is 16.5 Å². The van der Waals surface area contributed by atoms with E-state index >= 15 is 0 Å². The highest BCUT2D eigenvalue weighted by atomic mass is 79.9. The number of aromatic nitrogens is 1. The van der Waals surface area contributed by atoms with Gasteiger partial charge in [-0.1, -0.05) is 21.1 Å². The van der Waals surface area contributed by atoms with E-state index in [1.165, 1.54) is 12.1 Å². The smallest absolute Gasteiger partial charge is 0.243 e. The number of rotatable bonds is 5. The highest BCUT2D eigenvalue weighted by molar-refractivity contribution is 9.10. The van der Waals surface area contributed by atoms with E-state index in [1.807, 2.05) is 0 Å². The molecule has 114 valence electrons. The zero-order valence-corrected chi connectivity index (χ0v) is 13.5. The monoisotopic (exact) mass is 377 g/mol. The summed E-state index contributed by atoms with van der Waals surface area (Å²) >= 11 is 3.14. The van der Waals surface area contributed by atoms with Gasteiger partial charge in [-0.25, -0.2) is 17.5 Å². The lowest BCUT2D eigenvalue weighted by atomic mass is 10.2. The topological polar surface area (TPSA) is 98.2 Å². The fraction of sp³-hybridized carbons (Fsp3) is 0.250. The molecule has 21 heavy (non-hydrogen) atoms. The summed E-state index contributed by atoms with van der Waals surface area (Å²) < 4.78 is 46.0. The first-order valence-corrected chi connectivity index (χ1v) is 8.21. The Balaban J connectivity index is 2.29. The molecule has 0 amide bonds. The Hall–Kier alpha value is -1.29. The Morgan fingerprint density at radius 3 is 2.71 bits per heavy atom. The van der Waals surface area contributed by atoms with E-state index < -0.39 is 20.7 Å². The van der Waals surface area contributed by atoms with Crippen LogP contribution in [0.3, 0.4) is 0 Å². The second-order valence-electron chi connectivity index (χ2n) is 4.33. The second-order valence-corrected chi connectivity index (χ2v) is 6.99. The first kappa shape index (κ1) is 16.1. The quantitative estimate of drug-likeness (QED) is 0.827. The molecule has 9 heteroatoms. The Kier molecular flexibility index (Phi) is 4.77. The van der Waals surface area contributed by atoms with Gasteiger partial charge in [0.25, 0.3) is 0 Å². The molecule has 0 bridgehead atoms. The molecule has 0 aliphatic carbocycles. The van der Waals surface area contributed by atoms with Crippen molar-refractivity contribution in [2.24, 2.45) is 5.73 Å². The Bertz CT molecular complexity index is 761. The lowest BCUT2D eigenvalue weighted by molar-refractivity contribution is 0.390. The maximum absolute atomic E-state index is 14.1. The van der Waals surface area contributed by atoms with Gasteiger partial charge < -0.3 is 10.3 Å². The molecule has 2 rings (SSSR count). The first-order chi connectivity index (χ1) is 9.83. The van der Waals surface area contributed by atoms with Crippen molar-refractivity contribution in [2.75, 3.05) is 0 Å². The molecule has 0 aliphatic rings. The van der Waals surface area contributed by atoms with Crippen molar-refractivity contribution in [1.82, 2.24) is 9.88 Å². The molecule has 0 radical (unpaired) electrons. The van der Waals surface area contributed by atoms with Crippen molar-refractivity contribution >= 4 is 26.0 Å². The summed E-state index contributed by atoms with van der Waals surface area (Å²) in [4.78, 5) is -0.461. The van der Waals surface area contributed by atoms with Gasteiger partial charge in [0, 0.05) is 22.6 Å². The molecule has 0 atom stereocenters. The van der Waals surface area contributed by atoms with E-state index in [2.05, 4.69) is 25.8 Å². The highest BCUT2D eigenvalue weighted by Crippen LogP contribution is 2.24. The number of hydrogen-bond acceptors (Lipinski definition) is 5. The number of benzene rings is 1. The average Bonchev–Trinajstić information content (AvgIpc) is 2.84. The molecule has 1 heterocycles. The molecule has 3 N–H and O–H groups in total. The van der Waals surface area contributed by atoms with Crippen LogP contribution >= 0.6 is 15.9 Å². The normalized spacial score (nSPS) is 11.8. The fourth-order valence-corrected chi connectivity index (χ4v) is 3.51. The van der Waals surface area contributed by atoms with Crippen LogP contribution in [-0.4, -0.2) is 13.6 Å². The van der Waals surface area contributed by atoms with Gasteiger partial charge in [-0.15, -0.1) is 0 Å². The third-order valence-corrected chi connectivity index (χ3v) is 4.57. The number of aryl methyl sites for hydroxylation is 1. The number of nitrogens with zero attached hydrogens (tertiary/aromatic N) is 1. The second kappa shape index (κ2) is 6.22. The predicted molar refractivity (Wildman–Crippen MR) is 77.3 cm³/mol. The van der Waals surface area contributed by atoms with Gasteiger partial charge >= 0.3 is 0 Å². The zero-order valence-electron chi connectivity index (χ0n) is 11.1. The SMILES string of the molecule is Cc1cc(CNS(=O)(=O)c2cc(Br)cc(CN)c2F)no1. The Labute approximate surface area is 129 Å². The van der Waals surface area contributed by atoms with Crippen molar-refractivity contribution in [3.8, 4) is 0 Å². The van der Waals surface area contributed by atoms with E-state index in [4.69, 9.17) is 10.3 Å². The molecule has 0 spiro atoms. The average molecular weight is 378 g/mol. The van der Waals surface area contributed by atoms with Crippen molar-refractivity contribution < 1.29 is 17.3 Å². The number of halogens is 2. The van der Waals surface area contributed by atoms with Crippen molar-refractivity contribution in [3.05, 3.63) is 45.5 Å². The lowest BCUT2D eigenvalue weighted by Gasteiger charge is -2.10. The van der Waals surface area contributed by atoms with Crippen LogP contribution in [0.15, 0.2) is 32.1 Å². The molecule has 0 saturated heterocycles. The summed E-state index contributed by atoms with van der Waals surface area (Å²) in [6.45, 7) is 1.49. The molecular formula is C12H13BrFN3O3S. The molecular weight excluding hydrogens is 365 g/mol. The van der Waals surface area contributed by atoms with Crippen LogP contribution in [0.2, 0.25) is 0 Å². The van der Waals surface area contributed by atoms with Crippen molar-refractivity contribution in [3.63, 3.8) is 0 Å². The van der Waals surface area contributed by atoms with Crippen LogP contribution in [0.5, 0.6) is 0 Å². The van der Waals surface area contributed by atoms with Crippen LogP contribution in [0, 0.1) is 12.7 Å². The van der Waals surface area contributed by atoms with E-state index in [1.54, 1.807) is 13.0 Å². The van der Waals surface area contributed by atoms with Crippen LogP contribution in [0.1, 0.15) is 17.0 Å². The third-order valence-electron chi connectivity index (χ3n) is 2.71. The number of nitrogens with two attached hydrogens (primary N) is 1. The van der Waals surface area contributed by atoms with Gasteiger partial charge in [0.15, 0.2) is 0 Å². The minimum absolute atomic E-state index is 0.0937. The predicted octanol–water partition coefficient (Wildman–Crippen LogP) is 1.82. The summed E-state index contributed by atoms with van der Waals surface area (Å²) in [5.41, 5.74) is 5.92. The summed E-state index contributed by atoms with van der Waals surface area (Å²) in [5, 5.41) is 3.66. The van der Waals surface area contributed by atoms with Gasteiger partial charge in [-0.2, -0.15) is 0 Å². The van der Waals surface area contributed by atoms with Crippen molar-refractivity contribution in [1.29, 1.82) is 0 Å². The van der Waals surface area contributed by atoms with Crippen LogP contribution in [0.25, 0.3) is 0 Å². The lowest BCUT2D eigenvalue weighted by Crippen LogP contribution is -2.25. The highest BCUT2D eigenvalue weighted by Gasteiger charge is 2.22. The molecule has 2 aromatic rings. The van der Waals surface area contributed by atoms with Crippen LogP contribution in [0.4, 0.5) is 4.39 Å². The Morgan fingerprint density at radius 2 is 2.14 bits per heavy atom. The van der Waals surface area contributed by atoms with Crippen LogP contribution in [-0.2, 0) is 23.1 Å². The van der Waals surface area contributed by atoms with Crippen molar-refractivity contribution in [2.45, 2.75) is 24.9 Å². The van der Waals surface area contributed by atoms with Gasteiger partial charge in [0.05, 0.1) is 12.2 Å². The Morgan fingerprint density at radius 1 is 1.43 bits per heavy atom. The third kappa shape index (κ3) is 3.67. The number of hydrogen-bond donors (Lipinski definition) is 2. The standard InChI is InChI=1S/C12H13BrFN3O3S/c1-7-2-10(17-20-7)6-16-21(18,19)11-4-9(13)3-8(5-15)12(11)14/h2-4,16H,5-6,15H2,1H3. The summed E-state index contributed by atoms with van der Waals surface area (Å²) in [6.07, 6.45) is 0. The minimum atomic E-state index is -4.03. The fourth-order valence-electron chi connectivity index (χ4n) is 1.71. The van der Waals surface area contributed by atoms with E-state index in [9.17, 15) is 12.8 Å². The van der Waals surface area contributed by atoms with Crippen LogP contribution < -0.4 is 10.5 Å². The molecule has 0 fully saturated rings. The largest absolute Gasteiger partial charge is 0.361 e. The number of sulfonamides is 1. The van der Waals surface area contributed by atoms with E-state index in [-0.39, 0.29) is 18.7 Å². The maximum Gasteiger partial charge on any atom is 0.243 e. The first-order valence-electron chi connectivity index (χ1n) is 5.93. The zero-order chi connectivity index (χ0) is 15.6. The van der Waals surface area contributed by atoms with Gasteiger partial charge in [-0.05, 0) is 19.1 Å². The molecule has 1 aromatic heterocycles. The molecule has 1 aromatic carbocycles. The maximum atomic E-state index is 14.1. The molecule has 0 saturated carbocycles. The van der Waals surface area contributed by atoms with Gasteiger partial charge in [-0.3, -0.25) is 0 Å². The molecule has 6 nitrogen and oxygen atoms in total.